The van der Waals surface area contributed by atoms with Gasteiger partial charge < -0.3 is 20.1 Å². The Kier molecular flexibility index (Phi) is 42.3. The van der Waals surface area contributed by atoms with Crippen LogP contribution in [0.1, 0.15) is 260 Å². The molecule has 0 aliphatic rings. The summed E-state index contributed by atoms with van der Waals surface area (Å²) < 4.78 is 42.0. The summed E-state index contributed by atoms with van der Waals surface area (Å²) in [7, 11) is -4.14. The van der Waals surface area contributed by atoms with E-state index < -0.39 is 25.6 Å². The molecule has 0 rings (SSSR count). The molecule has 0 saturated heterocycles. The maximum absolute atomic E-state index is 13.8. The molecule has 0 aromatic rings. The van der Waals surface area contributed by atoms with Crippen LogP contribution < -0.4 is 10.6 Å². The highest BCUT2D eigenvalue weighted by molar-refractivity contribution is 7.48. The van der Waals surface area contributed by atoms with Crippen molar-refractivity contribution < 1.29 is 42.0 Å². The van der Waals surface area contributed by atoms with Crippen LogP contribution in [-0.4, -0.2) is 62.1 Å². The van der Waals surface area contributed by atoms with Crippen molar-refractivity contribution in [1.29, 1.82) is 0 Å². The van der Waals surface area contributed by atoms with E-state index in [-0.39, 0.29) is 44.3 Å². The van der Waals surface area contributed by atoms with Crippen molar-refractivity contribution in [2.45, 2.75) is 278 Å². The van der Waals surface area contributed by atoms with Crippen molar-refractivity contribution in [2.24, 2.45) is 0 Å². The number of alkyl carbamates (subject to hydrolysis) is 1. The molecule has 3 unspecified atom stereocenters. The number of carbonyl (C=O) groups excluding carboxylic acids is 3. The van der Waals surface area contributed by atoms with Gasteiger partial charge in [0, 0.05) is 25.4 Å². The summed E-state index contributed by atoms with van der Waals surface area (Å²) in [5.41, 5.74) is -0.668. The van der Waals surface area contributed by atoms with Gasteiger partial charge in [-0.3, -0.25) is 23.2 Å². The number of rotatable bonds is 47. The quantitative estimate of drug-likeness (QED) is 0.0264. The highest BCUT2D eigenvalue weighted by atomic mass is 31.2. The Bertz CT molecular complexity index is 1160. The van der Waals surface area contributed by atoms with Gasteiger partial charge >= 0.3 is 19.9 Å². The van der Waals surface area contributed by atoms with Crippen LogP contribution in [0.5, 0.6) is 0 Å². The van der Waals surface area contributed by atoms with Gasteiger partial charge in [-0.05, 0) is 52.9 Å². The Balaban J connectivity index is 5.53. The smallest absolute Gasteiger partial charge is 0.460 e. The zero-order chi connectivity index (χ0) is 47.4. The van der Waals surface area contributed by atoms with Crippen LogP contribution >= 0.6 is 7.82 Å². The molecule has 0 aliphatic heterocycles. The minimum atomic E-state index is -4.14. The van der Waals surface area contributed by atoms with E-state index in [1.54, 1.807) is 20.8 Å². The fourth-order valence-electron chi connectivity index (χ4n) is 7.68. The molecule has 0 radical (unpaired) electrons. The Morgan fingerprint density at radius 3 is 1.50 bits per heavy atom. The van der Waals surface area contributed by atoms with Gasteiger partial charge in [-0.1, -0.05) is 200 Å². The number of hydrogen-bond donors (Lipinski definition) is 2. The monoisotopic (exact) mass is 929 g/mol. The second-order valence-corrected chi connectivity index (χ2v) is 20.7. The first-order chi connectivity index (χ1) is 30.9. The van der Waals surface area contributed by atoms with E-state index in [1.807, 2.05) is 0 Å². The Morgan fingerprint density at radius 1 is 0.578 bits per heavy atom. The molecule has 0 fully saturated rings. The molecule has 0 aromatic carbocycles. The number of phosphoric ester groups is 1. The number of carbonyl (C=O) groups is 3. The number of esters is 1. The van der Waals surface area contributed by atoms with Gasteiger partial charge in [-0.15, -0.1) is 6.58 Å². The molecule has 64 heavy (non-hydrogen) atoms. The van der Waals surface area contributed by atoms with Gasteiger partial charge in [0.25, 0.3) is 0 Å². The molecule has 0 aliphatic carbocycles. The first-order valence-corrected chi connectivity index (χ1v) is 27.9. The average molecular weight is 929 g/mol. The van der Waals surface area contributed by atoms with Gasteiger partial charge in [0.1, 0.15) is 11.7 Å². The second kappa shape index (κ2) is 43.6. The zero-order valence-electron chi connectivity index (χ0n) is 42.4. The van der Waals surface area contributed by atoms with Crippen LogP contribution in [0.25, 0.3) is 0 Å². The van der Waals surface area contributed by atoms with E-state index >= 15 is 0 Å². The third-order valence-corrected chi connectivity index (χ3v) is 12.9. The van der Waals surface area contributed by atoms with Crippen molar-refractivity contribution in [1.82, 2.24) is 10.6 Å². The highest BCUT2D eigenvalue weighted by Crippen LogP contribution is 2.49. The molecule has 378 valence electrons. The average Bonchev–Trinajstić information content (AvgIpc) is 3.25. The summed E-state index contributed by atoms with van der Waals surface area (Å²) in [5, 5.41) is 5.90. The maximum Gasteiger partial charge on any atom is 0.475 e. The van der Waals surface area contributed by atoms with Gasteiger partial charge in [-0.2, -0.15) is 0 Å². The van der Waals surface area contributed by atoms with Gasteiger partial charge in [0.05, 0.1) is 19.8 Å². The highest BCUT2D eigenvalue weighted by Gasteiger charge is 2.30. The number of unbranched alkanes of at least 4 members (excludes halogenated alkanes) is 26. The second-order valence-electron chi connectivity index (χ2n) is 19.0. The first kappa shape index (κ1) is 62.1. The van der Waals surface area contributed by atoms with E-state index in [1.165, 1.54) is 147 Å². The number of amides is 2. The Labute approximate surface area is 393 Å². The number of phosphoric acid groups is 1. The summed E-state index contributed by atoms with van der Waals surface area (Å²) in [6.45, 7) is 15.2. The summed E-state index contributed by atoms with van der Waals surface area (Å²) in [6.07, 6.45) is 37.6. The van der Waals surface area contributed by atoms with Gasteiger partial charge in [0.2, 0.25) is 5.91 Å². The summed E-state index contributed by atoms with van der Waals surface area (Å²) in [5.74, 6) is -0.251. The van der Waals surface area contributed by atoms with E-state index in [9.17, 15) is 18.9 Å². The molecule has 2 amide bonds. The van der Waals surface area contributed by atoms with Crippen LogP contribution in [-0.2, 0) is 37.2 Å². The van der Waals surface area contributed by atoms with Crippen LogP contribution in [0.15, 0.2) is 12.7 Å². The molecule has 12 heteroatoms. The van der Waals surface area contributed by atoms with E-state index in [4.69, 9.17) is 23.0 Å². The number of ether oxygens (including phenoxy) is 2. The van der Waals surface area contributed by atoms with Crippen molar-refractivity contribution in [2.75, 3.05) is 26.4 Å². The number of hydrogen-bond acceptors (Lipinski definition) is 9. The molecule has 2 N–H and O–H groups in total. The molecular weight excluding hydrogens is 828 g/mol. The fraction of sp³-hybridized carbons (Fsp3) is 0.904. The lowest BCUT2D eigenvalue weighted by Crippen LogP contribution is -2.36. The largest absolute Gasteiger partial charge is 0.475 e. The minimum Gasteiger partial charge on any atom is -0.460 e. The molecule has 0 aromatic heterocycles. The van der Waals surface area contributed by atoms with E-state index in [0.717, 1.165) is 51.4 Å². The van der Waals surface area contributed by atoms with E-state index in [0.29, 0.717) is 25.7 Å². The molecule has 0 saturated carbocycles. The lowest BCUT2D eigenvalue weighted by molar-refractivity contribution is -0.151. The molecular formula is C52H101N2O9P. The summed E-state index contributed by atoms with van der Waals surface area (Å²) >= 11 is 0. The Hall–Kier alpha value is -1.94. The molecule has 0 heterocycles. The molecule has 0 spiro atoms. The standard InChI is InChI=1S/C52H101N2O9P/c1-8-12-15-18-21-23-25-27-30-33-36-39-49(55)54-47(38-35-32-29-20-17-14-10-3)41-42-48(62-50(56)40-37-34-31-28-26-24-22-19-16-13-9-2)46-61-64(58,59-44-11-4)60-45-43-53-51(57)63-52(5,6)7/h11,47-48H,4,8-10,12-46H2,1-3,5-7H3,(H,53,57)(H,54,55). The molecule has 0 bridgehead atoms. The molecule has 11 nitrogen and oxygen atoms in total. The lowest BCUT2D eigenvalue weighted by atomic mass is 10.00. The van der Waals surface area contributed by atoms with Gasteiger partial charge in [0.15, 0.2) is 0 Å². The third-order valence-electron chi connectivity index (χ3n) is 11.4. The summed E-state index contributed by atoms with van der Waals surface area (Å²) in [4.78, 5) is 38.7. The van der Waals surface area contributed by atoms with Crippen LogP contribution in [0, 0.1) is 0 Å². The topological polar surface area (TPSA) is 138 Å². The lowest BCUT2D eigenvalue weighted by Gasteiger charge is -2.25. The predicted octanol–water partition coefficient (Wildman–Crippen LogP) is 15.6. The summed E-state index contributed by atoms with van der Waals surface area (Å²) in [6, 6.07) is -0.0808. The maximum atomic E-state index is 13.8. The third kappa shape index (κ3) is 42.7. The van der Waals surface area contributed by atoms with Crippen molar-refractivity contribution >= 4 is 25.8 Å². The van der Waals surface area contributed by atoms with E-state index in [2.05, 4.69) is 38.0 Å². The molecule has 3 atom stereocenters. The van der Waals surface area contributed by atoms with Crippen LogP contribution in [0.3, 0.4) is 0 Å². The normalized spacial score (nSPS) is 13.5. The SMILES string of the molecule is C=CCOP(=O)(OCCNC(=O)OC(C)(C)C)OCC(CCC(CCCCCCCCC)NC(=O)CCCCCCCCCCCCC)OC(=O)CCCCCCCCCCCCC. The Morgan fingerprint density at radius 2 is 1.03 bits per heavy atom. The zero-order valence-corrected chi connectivity index (χ0v) is 43.3. The van der Waals surface area contributed by atoms with Gasteiger partial charge in [-0.25, -0.2) is 9.36 Å². The first-order valence-electron chi connectivity index (χ1n) is 26.5. The van der Waals surface area contributed by atoms with Crippen molar-refractivity contribution in [3.8, 4) is 0 Å². The minimum absolute atomic E-state index is 0.0102. The number of nitrogens with one attached hydrogen (secondary N) is 2. The van der Waals surface area contributed by atoms with Crippen molar-refractivity contribution in [3.05, 3.63) is 12.7 Å². The fourth-order valence-corrected chi connectivity index (χ4v) is 8.86. The van der Waals surface area contributed by atoms with Crippen LogP contribution in [0.4, 0.5) is 4.79 Å². The predicted molar refractivity (Wildman–Crippen MR) is 266 cm³/mol. The van der Waals surface area contributed by atoms with Crippen molar-refractivity contribution in [3.63, 3.8) is 0 Å². The van der Waals surface area contributed by atoms with Crippen LogP contribution in [0.2, 0.25) is 0 Å².